The number of carbonyl (C=O) groups is 1. The molecule has 0 unspecified atom stereocenters. The van der Waals surface area contributed by atoms with Crippen LogP contribution in [0.15, 0.2) is 30.3 Å². The summed E-state index contributed by atoms with van der Waals surface area (Å²) in [5.74, 6) is -0.651. The van der Waals surface area contributed by atoms with E-state index >= 15 is 0 Å². The van der Waals surface area contributed by atoms with Crippen molar-refractivity contribution in [3.05, 3.63) is 52.8 Å². The van der Waals surface area contributed by atoms with Crippen LogP contribution in [0.5, 0.6) is 6.01 Å². The van der Waals surface area contributed by atoms with Crippen molar-refractivity contribution in [3.63, 3.8) is 0 Å². The van der Waals surface area contributed by atoms with Crippen molar-refractivity contribution >= 4 is 5.97 Å². The van der Waals surface area contributed by atoms with Gasteiger partial charge in [-0.2, -0.15) is 0 Å². The molecule has 162 valence electrons. The zero-order chi connectivity index (χ0) is 21.8. The van der Waals surface area contributed by atoms with Crippen LogP contribution in [0.2, 0.25) is 0 Å². The SMILES string of the molecule is CO[C@H]1O[C@H](CO)[C@@H](O)[C@H](OC(=O)c2ccc(C)cc2)[C@H]1Oc1nc(C)cc(C)n1. The second-order valence-corrected chi connectivity index (χ2v) is 7.20. The first kappa shape index (κ1) is 22.1. The zero-order valence-corrected chi connectivity index (χ0v) is 17.3. The van der Waals surface area contributed by atoms with E-state index in [2.05, 4.69) is 9.97 Å². The van der Waals surface area contributed by atoms with Gasteiger partial charge in [-0.15, -0.1) is 0 Å². The minimum absolute atomic E-state index is 0.0363. The zero-order valence-electron chi connectivity index (χ0n) is 17.3. The standard InChI is InChI=1S/C21H26N2O7/c1-11-5-7-14(8-6-11)19(26)29-17-16(25)15(10-24)28-20(27-4)18(17)30-21-22-12(2)9-13(3)23-21/h5-9,15-18,20,24-25H,10H2,1-4H3/t15-,16-,17+,18-,20+/m1/s1. The fourth-order valence-corrected chi connectivity index (χ4v) is 3.24. The predicted molar refractivity (Wildman–Crippen MR) is 105 cm³/mol. The van der Waals surface area contributed by atoms with Gasteiger partial charge >= 0.3 is 12.0 Å². The Morgan fingerprint density at radius 1 is 1.10 bits per heavy atom. The van der Waals surface area contributed by atoms with Gasteiger partial charge in [0.05, 0.1) is 12.2 Å². The van der Waals surface area contributed by atoms with Crippen molar-refractivity contribution in [2.45, 2.75) is 51.5 Å². The Balaban J connectivity index is 1.90. The van der Waals surface area contributed by atoms with Gasteiger partial charge in [0.25, 0.3) is 0 Å². The number of aryl methyl sites for hydroxylation is 3. The highest BCUT2D eigenvalue weighted by atomic mass is 16.7. The first-order valence-electron chi connectivity index (χ1n) is 9.56. The summed E-state index contributed by atoms with van der Waals surface area (Å²) in [6.45, 7) is 4.99. The lowest BCUT2D eigenvalue weighted by molar-refractivity contribution is -0.288. The summed E-state index contributed by atoms with van der Waals surface area (Å²) in [6.07, 6.45) is -5.68. The molecule has 30 heavy (non-hydrogen) atoms. The molecule has 1 saturated heterocycles. The maximum absolute atomic E-state index is 12.7. The normalized spacial score (nSPS) is 26.3. The number of rotatable bonds is 6. The molecule has 1 aromatic heterocycles. The van der Waals surface area contributed by atoms with E-state index in [4.69, 9.17) is 18.9 Å². The van der Waals surface area contributed by atoms with Crippen LogP contribution in [0.1, 0.15) is 27.3 Å². The van der Waals surface area contributed by atoms with Crippen LogP contribution in [-0.2, 0) is 14.2 Å². The van der Waals surface area contributed by atoms with Gasteiger partial charge in [0.2, 0.25) is 0 Å². The van der Waals surface area contributed by atoms with Crippen LogP contribution in [-0.4, -0.2) is 70.6 Å². The van der Waals surface area contributed by atoms with Crippen molar-refractivity contribution in [1.29, 1.82) is 0 Å². The Labute approximate surface area is 174 Å². The number of carbonyl (C=O) groups excluding carboxylic acids is 1. The summed E-state index contributed by atoms with van der Waals surface area (Å²) < 4.78 is 22.4. The number of aromatic nitrogens is 2. The number of ether oxygens (including phenoxy) is 4. The van der Waals surface area contributed by atoms with Gasteiger partial charge in [-0.1, -0.05) is 17.7 Å². The fraction of sp³-hybridized carbons (Fsp3) is 0.476. The first-order valence-corrected chi connectivity index (χ1v) is 9.56. The quantitative estimate of drug-likeness (QED) is 0.664. The van der Waals surface area contributed by atoms with E-state index in [1.54, 1.807) is 44.2 Å². The highest BCUT2D eigenvalue weighted by molar-refractivity contribution is 5.89. The molecule has 9 nitrogen and oxygen atoms in total. The molecule has 2 N–H and O–H groups in total. The van der Waals surface area contributed by atoms with Crippen LogP contribution in [0.4, 0.5) is 0 Å². The number of aliphatic hydroxyl groups excluding tert-OH is 2. The largest absolute Gasteiger partial charge is 0.452 e. The van der Waals surface area contributed by atoms with Gasteiger partial charge in [-0.3, -0.25) is 0 Å². The van der Waals surface area contributed by atoms with Crippen molar-refractivity contribution in [2.24, 2.45) is 0 Å². The third-order valence-electron chi connectivity index (χ3n) is 4.76. The monoisotopic (exact) mass is 418 g/mol. The molecule has 0 aliphatic carbocycles. The van der Waals surface area contributed by atoms with Crippen molar-refractivity contribution in [1.82, 2.24) is 9.97 Å². The van der Waals surface area contributed by atoms with Gasteiger partial charge < -0.3 is 29.2 Å². The molecule has 1 fully saturated rings. The second-order valence-electron chi connectivity index (χ2n) is 7.20. The van der Waals surface area contributed by atoms with E-state index in [0.29, 0.717) is 17.0 Å². The number of aliphatic hydroxyl groups is 2. The summed E-state index contributed by atoms with van der Waals surface area (Å²) in [5.41, 5.74) is 2.68. The first-order chi connectivity index (χ1) is 14.3. The van der Waals surface area contributed by atoms with E-state index in [9.17, 15) is 15.0 Å². The van der Waals surface area contributed by atoms with Crippen molar-refractivity contribution < 1.29 is 34.0 Å². The van der Waals surface area contributed by atoms with E-state index in [0.717, 1.165) is 5.56 Å². The lowest BCUT2D eigenvalue weighted by Crippen LogP contribution is -2.62. The molecule has 0 bridgehead atoms. The lowest BCUT2D eigenvalue weighted by Gasteiger charge is -2.42. The number of benzene rings is 1. The molecule has 1 aliphatic rings. The maximum atomic E-state index is 12.7. The van der Waals surface area contributed by atoms with E-state index in [1.165, 1.54) is 7.11 Å². The third kappa shape index (κ3) is 4.93. The molecule has 1 aromatic carbocycles. The smallest absolute Gasteiger partial charge is 0.338 e. The molecule has 2 heterocycles. The van der Waals surface area contributed by atoms with Crippen molar-refractivity contribution in [3.8, 4) is 6.01 Å². The molecule has 5 atom stereocenters. The molecule has 3 rings (SSSR count). The van der Waals surface area contributed by atoms with Gasteiger partial charge in [0.15, 0.2) is 18.5 Å². The molecule has 0 amide bonds. The van der Waals surface area contributed by atoms with Gasteiger partial charge in [0, 0.05) is 18.5 Å². The topological polar surface area (TPSA) is 120 Å². The Kier molecular flexibility index (Phi) is 6.99. The minimum atomic E-state index is -1.35. The highest BCUT2D eigenvalue weighted by Crippen LogP contribution is 2.28. The Bertz CT molecular complexity index is 854. The molecule has 0 spiro atoms. The summed E-state index contributed by atoms with van der Waals surface area (Å²) in [4.78, 5) is 21.2. The number of hydrogen-bond acceptors (Lipinski definition) is 9. The highest BCUT2D eigenvalue weighted by Gasteiger charge is 2.49. The summed E-state index contributed by atoms with van der Waals surface area (Å²) >= 11 is 0. The average Bonchev–Trinajstić information content (AvgIpc) is 2.70. The van der Waals surface area contributed by atoms with Gasteiger partial charge in [-0.05, 0) is 39.0 Å². The lowest BCUT2D eigenvalue weighted by atomic mass is 9.98. The molecule has 9 heteroatoms. The van der Waals surface area contributed by atoms with E-state index < -0.39 is 43.3 Å². The van der Waals surface area contributed by atoms with Crippen LogP contribution < -0.4 is 4.74 Å². The fourth-order valence-electron chi connectivity index (χ4n) is 3.24. The van der Waals surface area contributed by atoms with E-state index in [1.807, 2.05) is 6.92 Å². The molecule has 0 saturated carbocycles. The van der Waals surface area contributed by atoms with Crippen LogP contribution in [0.3, 0.4) is 0 Å². The van der Waals surface area contributed by atoms with Crippen LogP contribution in [0.25, 0.3) is 0 Å². The molecule has 1 aliphatic heterocycles. The summed E-state index contributed by atoms with van der Waals surface area (Å²) in [7, 11) is 1.38. The predicted octanol–water partition coefficient (Wildman–Crippen LogP) is 1.10. The summed E-state index contributed by atoms with van der Waals surface area (Å²) in [5, 5.41) is 20.3. The molecular formula is C21H26N2O7. The maximum Gasteiger partial charge on any atom is 0.338 e. The molecule has 2 aromatic rings. The number of nitrogens with zero attached hydrogens (tertiary/aromatic N) is 2. The molecule has 0 radical (unpaired) electrons. The number of hydrogen-bond donors (Lipinski definition) is 2. The van der Waals surface area contributed by atoms with Gasteiger partial charge in [-0.25, -0.2) is 14.8 Å². The van der Waals surface area contributed by atoms with E-state index in [-0.39, 0.29) is 6.01 Å². The Hall–Kier alpha value is -2.59. The number of esters is 1. The average molecular weight is 418 g/mol. The van der Waals surface area contributed by atoms with Crippen LogP contribution in [0, 0.1) is 20.8 Å². The van der Waals surface area contributed by atoms with Crippen molar-refractivity contribution in [2.75, 3.05) is 13.7 Å². The third-order valence-corrected chi connectivity index (χ3v) is 4.76. The Morgan fingerprint density at radius 2 is 1.73 bits per heavy atom. The summed E-state index contributed by atoms with van der Waals surface area (Å²) in [6, 6.07) is 8.64. The molecular weight excluding hydrogens is 392 g/mol. The second kappa shape index (κ2) is 9.48. The van der Waals surface area contributed by atoms with Crippen LogP contribution >= 0.6 is 0 Å². The Morgan fingerprint density at radius 3 is 2.30 bits per heavy atom. The minimum Gasteiger partial charge on any atom is -0.452 e. The number of methoxy groups -OCH3 is 1. The van der Waals surface area contributed by atoms with Gasteiger partial charge in [0.1, 0.15) is 12.2 Å².